The predicted molar refractivity (Wildman–Crippen MR) is 90.4 cm³/mol. The van der Waals surface area contributed by atoms with Crippen LogP contribution in [0.3, 0.4) is 0 Å². The SMILES string of the molecule is Cc1noc(C)c1C(=O)N1CCN(C(=O)COc2ccccc2)CC1. The lowest BCUT2D eigenvalue weighted by atomic mass is 10.1. The molecular formula is C18H21N3O4. The van der Waals surface area contributed by atoms with Crippen molar-refractivity contribution in [3.63, 3.8) is 0 Å². The first kappa shape index (κ1) is 17.0. The van der Waals surface area contributed by atoms with Gasteiger partial charge >= 0.3 is 0 Å². The lowest BCUT2D eigenvalue weighted by molar-refractivity contribution is -0.134. The smallest absolute Gasteiger partial charge is 0.260 e. The maximum Gasteiger partial charge on any atom is 0.260 e. The minimum Gasteiger partial charge on any atom is -0.484 e. The van der Waals surface area contributed by atoms with E-state index in [0.29, 0.717) is 48.9 Å². The minimum absolute atomic E-state index is 0.00181. The lowest BCUT2D eigenvalue weighted by Crippen LogP contribution is -2.51. The van der Waals surface area contributed by atoms with Crippen LogP contribution in [0.5, 0.6) is 5.75 Å². The van der Waals surface area contributed by atoms with E-state index in [0.717, 1.165) is 0 Å². The molecule has 132 valence electrons. The number of benzene rings is 1. The third-order valence-electron chi connectivity index (χ3n) is 4.27. The number of nitrogens with zero attached hydrogens (tertiary/aromatic N) is 3. The normalized spacial score (nSPS) is 14.5. The number of carbonyl (C=O) groups is 2. The number of amides is 2. The molecule has 2 aromatic rings. The molecule has 25 heavy (non-hydrogen) atoms. The molecule has 1 aromatic carbocycles. The Morgan fingerprint density at radius 2 is 1.72 bits per heavy atom. The van der Waals surface area contributed by atoms with Crippen molar-refractivity contribution in [2.24, 2.45) is 0 Å². The van der Waals surface area contributed by atoms with E-state index in [9.17, 15) is 9.59 Å². The summed E-state index contributed by atoms with van der Waals surface area (Å²) in [7, 11) is 0. The summed E-state index contributed by atoms with van der Waals surface area (Å²) in [5, 5.41) is 3.82. The number of hydrogen-bond acceptors (Lipinski definition) is 5. The molecule has 7 heteroatoms. The fourth-order valence-electron chi connectivity index (χ4n) is 2.86. The Morgan fingerprint density at radius 3 is 2.32 bits per heavy atom. The number of aryl methyl sites for hydroxylation is 2. The highest BCUT2D eigenvalue weighted by Gasteiger charge is 2.28. The molecule has 0 atom stereocenters. The molecule has 3 rings (SSSR count). The van der Waals surface area contributed by atoms with E-state index in [4.69, 9.17) is 9.26 Å². The van der Waals surface area contributed by atoms with Crippen LogP contribution in [0.4, 0.5) is 0 Å². The first-order chi connectivity index (χ1) is 12.1. The van der Waals surface area contributed by atoms with Crippen LogP contribution in [0.1, 0.15) is 21.8 Å². The summed E-state index contributed by atoms with van der Waals surface area (Å²) in [6.45, 7) is 5.44. The van der Waals surface area contributed by atoms with Gasteiger partial charge in [-0.3, -0.25) is 9.59 Å². The number of piperazine rings is 1. The second-order valence-electron chi connectivity index (χ2n) is 5.97. The molecule has 0 bridgehead atoms. The van der Waals surface area contributed by atoms with Crippen LogP contribution in [0.15, 0.2) is 34.9 Å². The molecule has 7 nitrogen and oxygen atoms in total. The maximum atomic E-state index is 12.6. The Balaban J connectivity index is 1.51. The number of para-hydroxylation sites is 1. The molecule has 1 fully saturated rings. The second-order valence-corrected chi connectivity index (χ2v) is 5.97. The van der Waals surface area contributed by atoms with Crippen molar-refractivity contribution in [3.8, 4) is 5.75 Å². The van der Waals surface area contributed by atoms with Gasteiger partial charge in [-0.2, -0.15) is 0 Å². The van der Waals surface area contributed by atoms with Gasteiger partial charge in [0.05, 0.1) is 5.69 Å². The van der Waals surface area contributed by atoms with E-state index < -0.39 is 0 Å². The van der Waals surface area contributed by atoms with Crippen molar-refractivity contribution < 1.29 is 18.8 Å². The van der Waals surface area contributed by atoms with Crippen LogP contribution in [-0.4, -0.2) is 59.6 Å². The van der Waals surface area contributed by atoms with Crippen molar-refractivity contribution in [1.82, 2.24) is 15.0 Å². The van der Waals surface area contributed by atoms with Crippen LogP contribution < -0.4 is 4.74 Å². The Hall–Kier alpha value is -2.83. The summed E-state index contributed by atoms with van der Waals surface area (Å²) in [6, 6.07) is 9.24. The van der Waals surface area contributed by atoms with Gasteiger partial charge in [0.15, 0.2) is 6.61 Å². The molecule has 0 N–H and O–H groups in total. The summed E-state index contributed by atoms with van der Waals surface area (Å²) in [4.78, 5) is 28.3. The number of hydrogen-bond donors (Lipinski definition) is 0. The quantitative estimate of drug-likeness (QED) is 0.844. The van der Waals surface area contributed by atoms with Gasteiger partial charge in [0.2, 0.25) is 0 Å². The first-order valence-corrected chi connectivity index (χ1v) is 8.24. The number of ether oxygens (including phenoxy) is 1. The fraction of sp³-hybridized carbons (Fsp3) is 0.389. The summed E-state index contributed by atoms with van der Waals surface area (Å²) >= 11 is 0. The summed E-state index contributed by atoms with van der Waals surface area (Å²) in [5.41, 5.74) is 1.12. The van der Waals surface area contributed by atoms with E-state index in [-0.39, 0.29) is 18.4 Å². The standard InChI is InChI=1S/C18H21N3O4/c1-13-17(14(2)25-19-13)18(23)21-10-8-20(9-11-21)16(22)12-24-15-6-4-3-5-7-15/h3-7H,8-12H2,1-2H3. The minimum atomic E-state index is -0.0936. The Morgan fingerprint density at radius 1 is 1.08 bits per heavy atom. The van der Waals surface area contributed by atoms with Gasteiger partial charge in [-0.05, 0) is 26.0 Å². The van der Waals surface area contributed by atoms with Crippen LogP contribution in [0, 0.1) is 13.8 Å². The van der Waals surface area contributed by atoms with Gasteiger partial charge in [0.25, 0.3) is 11.8 Å². The Bertz CT molecular complexity index is 729. The van der Waals surface area contributed by atoms with E-state index in [2.05, 4.69) is 5.16 Å². The van der Waals surface area contributed by atoms with Crippen molar-refractivity contribution >= 4 is 11.8 Å². The van der Waals surface area contributed by atoms with Gasteiger partial charge < -0.3 is 19.1 Å². The lowest BCUT2D eigenvalue weighted by Gasteiger charge is -2.34. The predicted octanol–water partition coefficient (Wildman–Crippen LogP) is 1.65. The second kappa shape index (κ2) is 7.38. The van der Waals surface area contributed by atoms with Gasteiger partial charge in [0.1, 0.15) is 17.1 Å². The van der Waals surface area contributed by atoms with E-state index in [1.165, 1.54) is 0 Å². The maximum absolute atomic E-state index is 12.6. The number of aromatic nitrogens is 1. The summed E-state index contributed by atoms with van der Waals surface area (Å²) < 4.78 is 10.6. The topological polar surface area (TPSA) is 75.9 Å². The van der Waals surface area contributed by atoms with E-state index in [1.807, 2.05) is 30.3 Å². The van der Waals surface area contributed by atoms with E-state index >= 15 is 0 Å². The van der Waals surface area contributed by atoms with Crippen LogP contribution in [0.25, 0.3) is 0 Å². The molecular weight excluding hydrogens is 322 g/mol. The van der Waals surface area contributed by atoms with Crippen molar-refractivity contribution in [3.05, 3.63) is 47.3 Å². The fourth-order valence-corrected chi connectivity index (χ4v) is 2.86. The van der Waals surface area contributed by atoms with Crippen LogP contribution in [0.2, 0.25) is 0 Å². The van der Waals surface area contributed by atoms with Gasteiger partial charge in [0, 0.05) is 26.2 Å². The first-order valence-electron chi connectivity index (χ1n) is 8.24. The molecule has 0 spiro atoms. The molecule has 1 saturated heterocycles. The van der Waals surface area contributed by atoms with Crippen molar-refractivity contribution in [1.29, 1.82) is 0 Å². The molecule has 2 heterocycles. The van der Waals surface area contributed by atoms with E-state index in [1.54, 1.807) is 23.6 Å². The summed E-state index contributed by atoms with van der Waals surface area (Å²) in [5.74, 6) is 1.03. The third kappa shape index (κ3) is 3.81. The zero-order valence-corrected chi connectivity index (χ0v) is 14.4. The zero-order valence-electron chi connectivity index (χ0n) is 14.4. The molecule has 1 aliphatic heterocycles. The molecule has 0 saturated carbocycles. The molecule has 0 unspecified atom stereocenters. The summed E-state index contributed by atoms with van der Waals surface area (Å²) in [6.07, 6.45) is 0. The number of rotatable bonds is 4. The zero-order chi connectivity index (χ0) is 17.8. The third-order valence-corrected chi connectivity index (χ3v) is 4.27. The molecule has 2 amide bonds. The van der Waals surface area contributed by atoms with Crippen molar-refractivity contribution in [2.75, 3.05) is 32.8 Å². The average Bonchev–Trinajstić information content (AvgIpc) is 2.98. The average molecular weight is 343 g/mol. The largest absolute Gasteiger partial charge is 0.484 e. The monoisotopic (exact) mass is 343 g/mol. The van der Waals surface area contributed by atoms with Crippen molar-refractivity contribution in [2.45, 2.75) is 13.8 Å². The molecule has 0 radical (unpaired) electrons. The highest BCUT2D eigenvalue weighted by Crippen LogP contribution is 2.16. The highest BCUT2D eigenvalue weighted by atomic mass is 16.5. The molecule has 0 aliphatic carbocycles. The van der Waals surface area contributed by atoms with Gasteiger partial charge in [-0.1, -0.05) is 23.4 Å². The van der Waals surface area contributed by atoms with Gasteiger partial charge in [-0.25, -0.2) is 0 Å². The molecule has 1 aliphatic rings. The van der Waals surface area contributed by atoms with Crippen LogP contribution >= 0.6 is 0 Å². The van der Waals surface area contributed by atoms with Crippen LogP contribution in [-0.2, 0) is 4.79 Å². The van der Waals surface area contributed by atoms with Gasteiger partial charge in [-0.15, -0.1) is 0 Å². The molecule has 1 aromatic heterocycles. The highest BCUT2D eigenvalue weighted by molar-refractivity contribution is 5.96. The Labute approximate surface area is 146 Å². The Kier molecular flexibility index (Phi) is 5.02. The number of carbonyl (C=O) groups excluding carboxylic acids is 2.